The standard InChI is InChI=1S/C30H39N7O2S/c1-4-16-35-18-9-25(33-35)40-34-27(38)21-6-7-23(31-26(21)36-17-5-11-28(36,2)3)37-19-8-24(32-37)39-20-10-22-29(12-13-29)30(22)14-15-30/h6-9,18-19,22H,4-5,10-17,20H2,1-3H3,(H,34,38). The molecule has 1 aliphatic heterocycles. The Morgan fingerprint density at radius 1 is 1.07 bits per heavy atom. The number of hydrogen-bond donors (Lipinski definition) is 1. The number of aromatic nitrogens is 5. The Hall–Kier alpha value is -3.01. The Bertz CT molecular complexity index is 1400. The summed E-state index contributed by atoms with van der Waals surface area (Å²) < 4.78 is 12.7. The van der Waals surface area contributed by atoms with Crippen LogP contribution in [0.5, 0.6) is 5.88 Å². The van der Waals surface area contributed by atoms with E-state index in [2.05, 4.69) is 40.6 Å². The Morgan fingerprint density at radius 3 is 2.58 bits per heavy atom. The average Bonchev–Trinajstić information content (AvgIpc) is 3.85. The first-order valence-corrected chi connectivity index (χ1v) is 15.7. The molecule has 9 nitrogen and oxygen atoms in total. The minimum atomic E-state index is -0.182. The fraction of sp³-hybridized carbons (Fsp3) is 0.600. The largest absolute Gasteiger partial charge is 0.477 e. The maximum atomic E-state index is 13.4. The summed E-state index contributed by atoms with van der Waals surface area (Å²) in [6.07, 6.45) is 13.8. The normalized spacial score (nSPS) is 21.2. The van der Waals surface area contributed by atoms with Crippen LogP contribution in [0, 0.1) is 16.7 Å². The monoisotopic (exact) mass is 561 g/mol. The third-order valence-electron chi connectivity index (χ3n) is 9.85. The zero-order valence-electron chi connectivity index (χ0n) is 23.7. The molecule has 212 valence electrons. The number of pyridine rings is 1. The second-order valence-electron chi connectivity index (χ2n) is 12.7. The van der Waals surface area contributed by atoms with Crippen LogP contribution in [-0.4, -0.2) is 49.1 Å². The van der Waals surface area contributed by atoms with Gasteiger partial charge in [0.05, 0.1) is 12.2 Å². The lowest BCUT2D eigenvalue weighted by Gasteiger charge is -2.34. The summed E-state index contributed by atoms with van der Waals surface area (Å²) in [5, 5.41) is 9.95. The van der Waals surface area contributed by atoms with Gasteiger partial charge in [0.25, 0.3) is 5.91 Å². The molecule has 4 heterocycles. The van der Waals surface area contributed by atoms with Crippen molar-refractivity contribution in [3.8, 4) is 11.7 Å². The third kappa shape index (κ3) is 4.39. The molecule has 3 aromatic heterocycles. The number of ether oxygens (including phenoxy) is 1. The van der Waals surface area contributed by atoms with Gasteiger partial charge in [0.1, 0.15) is 10.8 Å². The number of hydrogen-bond acceptors (Lipinski definition) is 7. The number of carbonyl (C=O) groups is 1. The molecule has 2 spiro atoms. The zero-order valence-corrected chi connectivity index (χ0v) is 24.5. The van der Waals surface area contributed by atoms with E-state index in [0.717, 1.165) is 56.3 Å². The first-order valence-electron chi connectivity index (χ1n) is 14.8. The zero-order chi connectivity index (χ0) is 27.5. The predicted octanol–water partition coefficient (Wildman–Crippen LogP) is 5.65. The molecule has 0 atom stereocenters. The molecule has 0 unspecified atom stereocenters. The van der Waals surface area contributed by atoms with Gasteiger partial charge in [0, 0.05) is 49.0 Å². The van der Waals surface area contributed by atoms with Gasteiger partial charge in [0.2, 0.25) is 5.88 Å². The van der Waals surface area contributed by atoms with Crippen molar-refractivity contribution in [2.24, 2.45) is 16.7 Å². The number of carbonyl (C=O) groups excluding carboxylic acids is 1. The Labute approximate surface area is 240 Å². The van der Waals surface area contributed by atoms with Crippen molar-refractivity contribution in [2.75, 3.05) is 18.1 Å². The van der Waals surface area contributed by atoms with Crippen molar-refractivity contribution in [3.63, 3.8) is 0 Å². The molecule has 0 aromatic carbocycles. The lowest BCUT2D eigenvalue weighted by Crippen LogP contribution is -2.40. The van der Waals surface area contributed by atoms with E-state index in [-0.39, 0.29) is 11.4 Å². The van der Waals surface area contributed by atoms with Crippen LogP contribution >= 0.6 is 11.9 Å². The topological polar surface area (TPSA) is 90.1 Å². The Kier molecular flexibility index (Phi) is 6.18. The molecule has 3 saturated carbocycles. The van der Waals surface area contributed by atoms with E-state index in [9.17, 15) is 4.79 Å². The van der Waals surface area contributed by atoms with Crippen LogP contribution in [0.4, 0.5) is 5.82 Å². The van der Waals surface area contributed by atoms with Gasteiger partial charge in [-0.3, -0.25) is 14.2 Å². The number of fused-ring (bicyclic) bond motifs is 1. The Balaban J connectivity index is 1.06. The van der Waals surface area contributed by atoms with Crippen LogP contribution in [0.15, 0.2) is 41.7 Å². The van der Waals surface area contributed by atoms with Crippen LogP contribution in [0.2, 0.25) is 0 Å². The molecule has 1 saturated heterocycles. The summed E-state index contributed by atoms with van der Waals surface area (Å²) in [6.45, 7) is 8.97. The number of anilines is 1. The van der Waals surface area contributed by atoms with E-state index >= 15 is 0 Å². The van der Waals surface area contributed by atoms with Gasteiger partial charge in [-0.2, -0.15) is 5.10 Å². The summed E-state index contributed by atoms with van der Waals surface area (Å²) in [7, 11) is 0. The molecule has 4 fully saturated rings. The van der Waals surface area contributed by atoms with Gasteiger partial charge in [-0.15, -0.1) is 5.10 Å². The highest BCUT2D eigenvalue weighted by molar-refractivity contribution is 7.97. The molecular weight excluding hydrogens is 522 g/mol. The molecule has 40 heavy (non-hydrogen) atoms. The van der Waals surface area contributed by atoms with E-state index < -0.39 is 0 Å². The summed E-state index contributed by atoms with van der Waals surface area (Å²) in [5.41, 5.74) is 1.88. The van der Waals surface area contributed by atoms with E-state index in [1.807, 2.05) is 41.3 Å². The summed E-state index contributed by atoms with van der Waals surface area (Å²) in [4.78, 5) is 20.6. The molecule has 1 amide bonds. The molecular formula is C30H39N7O2S. The van der Waals surface area contributed by atoms with Gasteiger partial charge in [-0.25, -0.2) is 9.67 Å². The molecule has 0 bridgehead atoms. The second-order valence-corrected chi connectivity index (χ2v) is 13.5. The highest BCUT2D eigenvalue weighted by atomic mass is 32.2. The van der Waals surface area contributed by atoms with Gasteiger partial charge in [-0.1, -0.05) is 6.92 Å². The van der Waals surface area contributed by atoms with E-state index in [4.69, 9.17) is 9.72 Å². The molecule has 1 N–H and O–H groups in total. The fourth-order valence-corrected chi connectivity index (χ4v) is 8.08. The van der Waals surface area contributed by atoms with Crippen molar-refractivity contribution >= 4 is 23.7 Å². The van der Waals surface area contributed by atoms with Crippen LogP contribution in [0.1, 0.15) is 82.5 Å². The number of nitrogens with one attached hydrogen (secondary N) is 1. The van der Waals surface area contributed by atoms with Crippen LogP contribution in [-0.2, 0) is 6.54 Å². The molecule has 0 radical (unpaired) electrons. The molecule has 3 aromatic rings. The quantitative estimate of drug-likeness (QED) is 0.303. The first-order chi connectivity index (χ1) is 19.4. The van der Waals surface area contributed by atoms with Gasteiger partial charge < -0.3 is 9.64 Å². The second kappa shape index (κ2) is 9.53. The number of aryl methyl sites for hydroxylation is 1. The van der Waals surface area contributed by atoms with Gasteiger partial charge in [-0.05, 0) is 100 Å². The molecule has 7 rings (SSSR count). The van der Waals surface area contributed by atoms with Crippen molar-refractivity contribution < 1.29 is 9.53 Å². The summed E-state index contributed by atoms with van der Waals surface area (Å²) in [5.74, 6) is 2.68. The van der Waals surface area contributed by atoms with Crippen LogP contribution in [0.25, 0.3) is 5.82 Å². The highest BCUT2D eigenvalue weighted by Crippen LogP contribution is 2.93. The average molecular weight is 562 g/mol. The third-order valence-corrected chi connectivity index (χ3v) is 10.6. The maximum Gasteiger partial charge on any atom is 0.265 e. The summed E-state index contributed by atoms with van der Waals surface area (Å²) >= 11 is 1.23. The maximum absolute atomic E-state index is 13.4. The highest BCUT2D eigenvalue weighted by Gasteiger charge is 2.85. The van der Waals surface area contributed by atoms with Gasteiger partial charge in [0.15, 0.2) is 5.82 Å². The SMILES string of the molecule is CCCn1ccc(SNC(=O)c2ccc(-n3ccc(OCCC4C5(CC5)C45CC5)n3)nc2N2CCCC2(C)C)n1. The van der Waals surface area contributed by atoms with E-state index in [1.54, 1.807) is 4.68 Å². The Morgan fingerprint density at radius 2 is 1.88 bits per heavy atom. The molecule has 10 heteroatoms. The van der Waals surface area contributed by atoms with Crippen molar-refractivity contribution in [3.05, 3.63) is 42.2 Å². The minimum Gasteiger partial charge on any atom is -0.477 e. The molecule has 4 aliphatic rings. The summed E-state index contributed by atoms with van der Waals surface area (Å²) in [6, 6.07) is 7.54. The van der Waals surface area contributed by atoms with Crippen molar-refractivity contribution in [1.29, 1.82) is 0 Å². The van der Waals surface area contributed by atoms with Crippen molar-refractivity contribution in [1.82, 2.24) is 29.3 Å². The first kappa shape index (κ1) is 25.9. The smallest absolute Gasteiger partial charge is 0.265 e. The number of rotatable bonds is 11. The fourth-order valence-electron chi connectivity index (χ4n) is 7.50. The van der Waals surface area contributed by atoms with Gasteiger partial charge >= 0.3 is 0 Å². The van der Waals surface area contributed by atoms with Crippen LogP contribution < -0.4 is 14.4 Å². The lowest BCUT2D eigenvalue weighted by molar-refractivity contribution is 0.0984. The molecule has 3 aliphatic carbocycles. The lowest BCUT2D eigenvalue weighted by atomic mass is 10.0. The number of nitrogens with zero attached hydrogens (tertiary/aromatic N) is 6. The minimum absolute atomic E-state index is 0.0915. The van der Waals surface area contributed by atoms with E-state index in [0.29, 0.717) is 33.9 Å². The predicted molar refractivity (Wildman–Crippen MR) is 155 cm³/mol. The van der Waals surface area contributed by atoms with Crippen molar-refractivity contribution in [2.45, 2.75) is 89.2 Å². The van der Waals surface area contributed by atoms with E-state index in [1.165, 1.54) is 37.6 Å². The van der Waals surface area contributed by atoms with Crippen LogP contribution in [0.3, 0.4) is 0 Å². The number of amides is 1.